The average Bonchev–Trinajstić information content (AvgIpc) is 2.89. The second-order valence-electron chi connectivity index (χ2n) is 9.00. The summed E-state index contributed by atoms with van der Waals surface area (Å²) in [7, 11) is 0. The molecule has 2 aliphatic rings. The van der Waals surface area contributed by atoms with Crippen LogP contribution in [0.1, 0.15) is 42.6 Å². The van der Waals surface area contributed by atoms with Crippen LogP contribution >= 0.6 is 0 Å². The Hall–Kier alpha value is -4.02. The number of nitrogens with one attached hydrogen (secondary N) is 2. The van der Waals surface area contributed by atoms with Crippen molar-refractivity contribution in [1.29, 1.82) is 0 Å². The number of benzene rings is 1. The lowest BCUT2D eigenvalue weighted by molar-refractivity contribution is 0.0995. The van der Waals surface area contributed by atoms with Crippen LogP contribution in [0.3, 0.4) is 0 Å². The summed E-state index contributed by atoms with van der Waals surface area (Å²) in [5.41, 5.74) is 7.00. The van der Waals surface area contributed by atoms with Gasteiger partial charge in [0.2, 0.25) is 5.95 Å². The molecule has 5 rings (SSSR count). The third-order valence-corrected chi connectivity index (χ3v) is 6.44. The zero-order valence-corrected chi connectivity index (χ0v) is 19.5. The van der Waals surface area contributed by atoms with Crippen LogP contribution in [-0.2, 0) is 0 Å². The summed E-state index contributed by atoms with van der Waals surface area (Å²) in [6.07, 6.45) is 6.72. The number of hydrogen-bond donors (Lipinski definition) is 3. The number of fused-ring (bicyclic) bond motifs is 1. The molecular weight excluding hydrogens is 446 g/mol. The topological polar surface area (TPSA) is 142 Å². The lowest BCUT2D eigenvalue weighted by atomic mass is 10.1. The number of pyridine rings is 1. The van der Waals surface area contributed by atoms with E-state index in [-0.39, 0.29) is 23.6 Å². The van der Waals surface area contributed by atoms with E-state index in [0.29, 0.717) is 18.2 Å². The first kappa shape index (κ1) is 22.8. The summed E-state index contributed by atoms with van der Waals surface area (Å²) < 4.78 is 0. The number of nitrogens with two attached hydrogens (primary N) is 1. The molecule has 35 heavy (non-hydrogen) atoms. The molecule has 11 heteroatoms. The van der Waals surface area contributed by atoms with E-state index in [0.717, 1.165) is 56.2 Å². The Labute approximate surface area is 203 Å². The van der Waals surface area contributed by atoms with Gasteiger partial charge in [0.05, 0.1) is 17.4 Å². The first-order chi connectivity index (χ1) is 17.1. The zero-order chi connectivity index (χ0) is 24.2. The minimum atomic E-state index is -0.724. The molecular formula is C24H29N9O2. The zero-order valence-electron chi connectivity index (χ0n) is 19.5. The second-order valence-corrected chi connectivity index (χ2v) is 9.00. The molecule has 11 nitrogen and oxygen atoms in total. The van der Waals surface area contributed by atoms with Crippen LogP contribution in [0.5, 0.6) is 0 Å². The number of carbonyl (C=O) groups is 2. The van der Waals surface area contributed by atoms with E-state index in [1.165, 1.54) is 6.42 Å². The molecule has 1 aromatic carbocycles. The van der Waals surface area contributed by atoms with Crippen LogP contribution in [0, 0.1) is 0 Å². The van der Waals surface area contributed by atoms with Gasteiger partial charge >= 0.3 is 6.03 Å². The molecule has 0 radical (unpaired) electrons. The number of primary amides is 1. The number of urea groups is 1. The van der Waals surface area contributed by atoms with Crippen molar-refractivity contribution in [3.05, 3.63) is 42.2 Å². The van der Waals surface area contributed by atoms with Crippen molar-refractivity contribution < 1.29 is 9.59 Å². The first-order valence-corrected chi connectivity index (χ1v) is 12.0. The SMILES string of the molecule is NC(=O)c1nnc(N2CCCC(NC(=O)N3CCCCC3)C2)nc1Nc1cnc2ccccc2c1. The molecule has 0 spiro atoms. The minimum absolute atomic E-state index is 0.00849. The molecule has 2 aromatic heterocycles. The van der Waals surface area contributed by atoms with E-state index < -0.39 is 5.91 Å². The molecule has 0 bridgehead atoms. The number of amides is 3. The van der Waals surface area contributed by atoms with Crippen molar-refractivity contribution in [3.8, 4) is 0 Å². The Kier molecular flexibility index (Phi) is 6.55. The number of aromatic nitrogens is 4. The van der Waals surface area contributed by atoms with Crippen LogP contribution in [0.2, 0.25) is 0 Å². The van der Waals surface area contributed by atoms with Crippen molar-refractivity contribution in [2.45, 2.75) is 38.1 Å². The highest BCUT2D eigenvalue weighted by molar-refractivity contribution is 5.96. The molecule has 2 saturated heterocycles. The van der Waals surface area contributed by atoms with Crippen molar-refractivity contribution in [3.63, 3.8) is 0 Å². The molecule has 1 atom stereocenters. The maximum atomic E-state index is 12.7. The van der Waals surface area contributed by atoms with Gasteiger partial charge in [-0.05, 0) is 44.2 Å². The van der Waals surface area contributed by atoms with E-state index in [4.69, 9.17) is 5.73 Å². The molecule has 2 fully saturated rings. The highest BCUT2D eigenvalue weighted by Gasteiger charge is 2.27. The van der Waals surface area contributed by atoms with Gasteiger partial charge in [-0.15, -0.1) is 10.2 Å². The van der Waals surface area contributed by atoms with Gasteiger partial charge in [0.15, 0.2) is 11.5 Å². The number of carbonyl (C=O) groups excluding carboxylic acids is 2. The molecule has 4 N–H and O–H groups in total. The third kappa shape index (κ3) is 5.23. The number of likely N-dealkylation sites (tertiary alicyclic amines) is 1. The fourth-order valence-electron chi connectivity index (χ4n) is 4.62. The van der Waals surface area contributed by atoms with Crippen LogP contribution in [0.15, 0.2) is 36.5 Å². The Morgan fingerprint density at radius 3 is 2.69 bits per heavy atom. The summed E-state index contributed by atoms with van der Waals surface area (Å²) in [6.45, 7) is 2.91. The molecule has 2 aliphatic heterocycles. The van der Waals surface area contributed by atoms with E-state index in [2.05, 4.69) is 30.8 Å². The number of anilines is 3. The maximum Gasteiger partial charge on any atom is 0.317 e. The summed E-state index contributed by atoms with van der Waals surface area (Å²) in [5.74, 6) is -0.125. The Bertz CT molecular complexity index is 1230. The minimum Gasteiger partial charge on any atom is -0.364 e. The number of hydrogen-bond acceptors (Lipinski definition) is 8. The van der Waals surface area contributed by atoms with Crippen LogP contribution in [-0.4, -0.2) is 69.2 Å². The molecule has 182 valence electrons. The lowest BCUT2D eigenvalue weighted by Gasteiger charge is -2.35. The van der Waals surface area contributed by atoms with Crippen LogP contribution in [0.4, 0.5) is 22.2 Å². The standard InChI is InChI=1S/C24H29N9O2/c25-21(34)20-22(27-18-13-16-7-2-3-9-19(16)26-14-18)29-23(31-30-20)33-12-6-8-17(15-33)28-24(35)32-10-4-1-5-11-32/h2-3,7,9,13-14,17H,1,4-6,8,10-12,15H2,(H2,25,34)(H,28,35)(H,27,29,31). The normalized spacial score (nSPS) is 18.3. The Balaban J connectivity index is 1.33. The quantitative estimate of drug-likeness (QED) is 0.511. The van der Waals surface area contributed by atoms with Gasteiger partial charge in [0.1, 0.15) is 0 Å². The van der Waals surface area contributed by atoms with Crippen LogP contribution < -0.4 is 21.3 Å². The first-order valence-electron chi connectivity index (χ1n) is 12.0. The van der Waals surface area contributed by atoms with E-state index in [1.807, 2.05) is 40.1 Å². The monoisotopic (exact) mass is 475 g/mol. The Morgan fingerprint density at radius 1 is 1.03 bits per heavy atom. The molecule has 0 aliphatic carbocycles. The van der Waals surface area contributed by atoms with Gasteiger partial charge in [-0.2, -0.15) is 4.98 Å². The highest BCUT2D eigenvalue weighted by Crippen LogP contribution is 2.23. The number of para-hydroxylation sites is 1. The van der Waals surface area contributed by atoms with Gasteiger partial charge in [-0.25, -0.2) is 4.79 Å². The Morgan fingerprint density at radius 2 is 1.86 bits per heavy atom. The average molecular weight is 476 g/mol. The number of piperidine rings is 2. The van der Waals surface area contributed by atoms with Gasteiger partial charge in [0, 0.05) is 37.6 Å². The van der Waals surface area contributed by atoms with Crippen LogP contribution in [0.25, 0.3) is 10.9 Å². The van der Waals surface area contributed by atoms with Crippen molar-refractivity contribution >= 4 is 40.3 Å². The third-order valence-electron chi connectivity index (χ3n) is 6.44. The van der Waals surface area contributed by atoms with E-state index in [9.17, 15) is 9.59 Å². The predicted molar refractivity (Wildman–Crippen MR) is 133 cm³/mol. The number of rotatable bonds is 5. The molecule has 1 unspecified atom stereocenters. The lowest BCUT2D eigenvalue weighted by Crippen LogP contribution is -2.52. The maximum absolute atomic E-state index is 12.7. The fraction of sp³-hybridized carbons (Fsp3) is 0.417. The van der Waals surface area contributed by atoms with Crippen molar-refractivity contribution in [1.82, 2.24) is 30.4 Å². The summed E-state index contributed by atoms with van der Waals surface area (Å²) >= 11 is 0. The molecule has 0 saturated carbocycles. The molecule has 3 amide bonds. The summed E-state index contributed by atoms with van der Waals surface area (Å²) in [6, 6.07) is 9.64. The van der Waals surface area contributed by atoms with Crippen molar-refractivity contribution in [2.75, 3.05) is 36.4 Å². The van der Waals surface area contributed by atoms with Gasteiger partial charge < -0.3 is 26.2 Å². The van der Waals surface area contributed by atoms with Gasteiger partial charge in [-0.1, -0.05) is 18.2 Å². The van der Waals surface area contributed by atoms with E-state index in [1.54, 1.807) is 6.20 Å². The van der Waals surface area contributed by atoms with Gasteiger partial charge in [-0.3, -0.25) is 9.78 Å². The highest BCUT2D eigenvalue weighted by atomic mass is 16.2. The molecule has 4 heterocycles. The fourth-order valence-corrected chi connectivity index (χ4v) is 4.62. The second kappa shape index (κ2) is 10.1. The van der Waals surface area contributed by atoms with Crippen molar-refractivity contribution in [2.24, 2.45) is 5.73 Å². The van der Waals surface area contributed by atoms with E-state index >= 15 is 0 Å². The summed E-state index contributed by atoms with van der Waals surface area (Å²) in [5, 5.41) is 15.5. The largest absolute Gasteiger partial charge is 0.364 e. The number of nitrogens with zero attached hydrogens (tertiary/aromatic N) is 6. The molecule has 3 aromatic rings. The summed E-state index contributed by atoms with van der Waals surface area (Å²) in [4.78, 5) is 37.6. The smallest absolute Gasteiger partial charge is 0.317 e. The van der Waals surface area contributed by atoms with Gasteiger partial charge in [0.25, 0.3) is 5.91 Å². The predicted octanol–water partition coefficient (Wildman–Crippen LogP) is 2.43.